The summed E-state index contributed by atoms with van der Waals surface area (Å²) in [5.74, 6) is 0.0923. The molecule has 1 unspecified atom stereocenters. The van der Waals surface area contributed by atoms with Gasteiger partial charge in [0.15, 0.2) is 0 Å². The first-order chi connectivity index (χ1) is 6.72. The molecule has 0 aromatic heterocycles. The van der Waals surface area contributed by atoms with Gasteiger partial charge in [-0.25, -0.2) is 0 Å². The monoisotopic (exact) mass is 198 g/mol. The Morgan fingerprint density at radius 3 is 2.57 bits per heavy atom. The van der Waals surface area contributed by atoms with Crippen LogP contribution in [0, 0.1) is 0 Å². The third-order valence-corrected chi connectivity index (χ3v) is 3.12. The maximum absolute atomic E-state index is 12.0. The lowest BCUT2D eigenvalue weighted by atomic mass is 9.97. The van der Waals surface area contributed by atoms with E-state index in [-0.39, 0.29) is 5.91 Å². The Balaban J connectivity index is 1.98. The van der Waals surface area contributed by atoms with Gasteiger partial charge in [-0.2, -0.15) is 0 Å². The molecule has 0 radical (unpaired) electrons. The van der Waals surface area contributed by atoms with Crippen LogP contribution >= 0.6 is 0 Å². The number of hydrogen-bond donors (Lipinski definition) is 1. The molecule has 0 bridgehead atoms. The zero-order valence-electron chi connectivity index (χ0n) is 8.50. The number of rotatable bonds is 1. The van der Waals surface area contributed by atoms with Gasteiger partial charge in [0.2, 0.25) is 5.91 Å². The van der Waals surface area contributed by atoms with E-state index in [1.807, 2.05) is 4.90 Å². The second-order valence-electron chi connectivity index (χ2n) is 4.31. The van der Waals surface area contributed by atoms with Gasteiger partial charge < -0.3 is 15.4 Å². The number of nitrogens with zero attached hydrogens (tertiary/aromatic N) is 1. The fourth-order valence-corrected chi connectivity index (χ4v) is 2.16. The molecule has 80 valence electrons. The highest BCUT2D eigenvalue weighted by molar-refractivity contribution is 5.86. The minimum Gasteiger partial charge on any atom is -0.379 e. The van der Waals surface area contributed by atoms with Gasteiger partial charge in [-0.05, 0) is 25.7 Å². The van der Waals surface area contributed by atoms with Crippen molar-refractivity contribution in [1.29, 1.82) is 0 Å². The van der Waals surface area contributed by atoms with E-state index in [1.165, 1.54) is 6.42 Å². The van der Waals surface area contributed by atoms with Crippen molar-refractivity contribution < 1.29 is 9.53 Å². The Morgan fingerprint density at radius 1 is 1.29 bits per heavy atom. The molecule has 0 aromatic carbocycles. The van der Waals surface area contributed by atoms with E-state index < -0.39 is 5.54 Å². The van der Waals surface area contributed by atoms with Crippen molar-refractivity contribution in [3.8, 4) is 0 Å². The molecule has 2 saturated heterocycles. The van der Waals surface area contributed by atoms with Crippen molar-refractivity contribution in [3.63, 3.8) is 0 Å². The average Bonchev–Trinajstić information content (AvgIpc) is 2.67. The first-order valence-corrected chi connectivity index (χ1v) is 5.38. The Bertz CT molecular complexity index is 218. The molecule has 14 heavy (non-hydrogen) atoms. The van der Waals surface area contributed by atoms with Crippen LogP contribution in [0.25, 0.3) is 0 Å². The summed E-state index contributed by atoms with van der Waals surface area (Å²) >= 11 is 0. The van der Waals surface area contributed by atoms with E-state index in [0.29, 0.717) is 19.6 Å². The summed E-state index contributed by atoms with van der Waals surface area (Å²) in [6, 6.07) is 0. The first kappa shape index (κ1) is 9.93. The third kappa shape index (κ3) is 1.77. The van der Waals surface area contributed by atoms with Crippen LogP contribution in [-0.4, -0.2) is 42.6 Å². The molecule has 0 spiro atoms. The predicted octanol–water partition coefficient (Wildman–Crippen LogP) is 0.117. The highest BCUT2D eigenvalue weighted by Crippen LogP contribution is 2.20. The van der Waals surface area contributed by atoms with Crippen LogP contribution in [0.5, 0.6) is 0 Å². The molecule has 0 saturated carbocycles. The molecule has 1 amide bonds. The van der Waals surface area contributed by atoms with Gasteiger partial charge in [-0.1, -0.05) is 0 Å². The zero-order valence-corrected chi connectivity index (χ0v) is 8.50. The second kappa shape index (κ2) is 3.87. The molecule has 0 aliphatic carbocycles. The van der Waals surface area contributed by atoms with Crippen molar-refractivity contribution >= 4 is 5.91 Å². The summed E-state index contributed by atoms with van der Waals surface area (Å²) in [6.07, 6.45) is 4.13. The van der Waals surface area contributed by atoms with Crippen LogP contribution in [0.4, 0.5) is 0 Å². The van der Waals surface area contributed by atoms with Gasteiger partial charge in [0, 0.05) is 19.7 Å². The third-order valence-electron chi connectivity index (χ3n) is 3.12. The van der Waals surface area contributed by atoms with Crippen molar-refractivity contribution in [2.24, 2.45) is 5.73 Å². The second-order valence-corrected chi connectivity index (χ2v) is 4.31. The molecular formula is C10H18N2O2. The number of ether oxygens (including phenoxy) is 1. The molecule has 2 N–H and O–H groups in total. The van der Waals surface area contributed by atoms with Crippen LogP contribution in [0.1, 0.15) is 25.7 Å². The SMILES string of the molecule is NC1(C(=O)N2CCCCC2)CCOC1. The van der Waals surface area contributed by atoms with Crippen LogP contribution in [0.3, 0.4) is 0 Å². The molecule has 0 aromatic rings. The summed E-state index contributed by atoms with van der Waals surface area (Å²) in [5, 5.41) is 0. The van der Waals surface area contributed by atoms with Crippen molar-refractivity contribution in [2.45, 2.75) is 31.2 Å². The molecule has 2 heterocycles. The molecule has 4 heteroatoms. The van der Waals surface area contributed by atoms with Gasteiger partial charge in [-0.15, -0.1) is 0 Å². The zero-order chi connectivity index (χ0) is 10.0. The van der Waals surface area contributed by atoms with E-state index in [0.717, 1.165) is 25.9 Å². The number of hydrogen-bond acceptors (Lipinski definition) is 3. The number of nitrogens with two attached hydrogens (primary N) is 1. The van der Waals surface area contributed by atoms with Crippen LogP contribution in [-0.2, 0) is 9.53 Å². The van der Waals surface area contributed by atoms with Crippen molar-refractivity contribution in [2.75, 3.05) is 26.3 Å². The molecule has 1 atom stereocenters. The predicted molar refractivity (Wildman–Crippen MR) is 52.8 cm³/mol. The van der Waals surface area contributed by atoms with Gasteiger partial charge >= 0.3 is 0 Å². The summed E-state index contributed by atoms with van der Waals surface area (Å²) in [5.41, 5.74) is 5.29. The summed E-state index contributed by atoms with van der Waals surface area (Å²) in [6.45, 7) is 2.76. The lowest BCUT2D eigenvalue weighted by Gasteiger charge is -2.33. The average molecular weight is 198 g/mol. The number of amides is 1. The molecule has 4 nitrogen and oxygen atoms in total. The normalized spacial score (nSPS) is 33.4. The van der Waals surface area contributed by atoms with Gasteiger partial charge in [0.05, 0.1) is 6.61 Å². The molecule has 2 aliphatic heterocycles. The highest BCUT2D eigenvalue weighted by Gasteiger charge is 2.41. The van der Waals surface area contributed by atoms with Crippen LogP contribution in [0.15, 0.2) is 0 Å². The minimum absolute atomic E-state index is 0.0923. The number of piperidine rings is 1. The molecule has 2 fully saturated rings. The largest absolute Gasteiger partial charge is 0.379 e. The van der Waals surface area contributed by atoms with E-state index in [2.05, 4.69) is 0 Å². The van der Waals surface area contributed by atoms with E-state index in [4.69, 9.17) is 10.5 Å². The molecular weight excluding hydrogens is 180 g/mol. The maximum atomic E-state index is 12.0. The van der Waals surface area contributed by atoms with Crippen molar-refractivity contribution in [1.82, 2.24) is 4.90 Å². The maximum Gasteiger partial charge on any atom is 0.245 e. The Labute approximate surface area is 84.4 Å². The number of carbonyl (C=O) groups is 1. The topological polar surface area (TPSA) is 55.6 Å². The summed E-state index contributed by atoms with van der Waals surface area (Å²) in [7, 11) is 0. The number of carbonyl (C=O) groups excluding carboxylic acids is 1. The Morgan fingerprint density at radius 2 is 2.00 bits per heavy atom. The number of likely N-dealkylation sites (tertiary alicyclic amines) is 1. The smallest absolute Gasteiger partial charge is 0.245 e. The van der Waals surface area contributed by atoms with E-state index >= 15 is 0 Å². The quantitative estimate of drug-likeness (QED) is 0.651. The van der Waals surface area contributed by atoms with Crippen LogP contribution < -0.4 is 5.73 Å². The summed E-state index contributed by atoms with van der Waals surface area (Å²) in [4.78, 5) is 13.9. The van der Waals surface area contributed by atoms with E-state index in [1.54, 1.807) is 0 Å². The van der Waals surface area contributed by atoms with Gasteiger partial charge in [0.1, 0.15) is 5.54 Å². The lowest BCUT2D eigenvalue weighted by molar-refractivity contribution is -0.137. The highest BCUT2D eigenvalue weighted by atomic mass is 16.5. The lowest BCUT2D eigenvalue weighted by Crippen LogP contribution is -2.56. The van der Waals surface area contributed by atoms with Crippen molar-refractivity contribution in [3.05, 3.63) is 0 Å². The minimum atomic E-state index is -0.725. The molecule has 2 rings (SSSR count). The van der Waals surface area contributed by atoms with E-state index in [9.17, 15) is 4.79 Å². The fraction of sp³-hybridized carbons (Fsp3) is 0.900. The van der Waals surface area contributed by atoms with Gasteiger partial charge in [-0.3, -0.25) is 4.79 Å². The standard InChI is InChI=1S/C10H18N2O2/c11-10(4-7-14-8-10)9(13)12-5-2-1-3-6-12/h1-8,11H2. The Hall–Kier alpha value is -0.610. The fourth-order valence-electron chi connectivity index (χ4n) is 2.16. The first-order valence-electron chi connectivity index (χ1n) is 5.38. The molecule has 2 aliphatic rings. The summed E-state index contributed by atoms with van der Waals surface area (Å²) < 4.78 is 5.20. The van der Waals surface area contributed by atoms with Gasteiger partial charge in [0.25, 0.3) is 0 Å². The van der Waals surface area contributed by atoms with Crippen LogP contribution in [0.2, 0.25) is 0 Å². The Kier molecular flexibility index (Phi) is 2.74.